The van der Waals surface area contributed by atoms with E-state index in [9.17, 15) is 29.9 Å². The molecule has 47 heavy (non-hydrogen) atoms. The Labute approximate surface area is 347 Å². The van der Waals surface area contributed by atoms with Crippen LogP contribution in [-0.2, 0) is 13.1 Å². The number of nitrogen functional groups attached to an aromatic ring is 1. The zero-order chi connectivity index (χ0) is 34.9. The number of nitrogens with one attached hydrogen (secondary N) is 2. The molecule has 0 fully saturated rings. The molecule has 0 unspecified atom stereocenters. The number of anilines is 2. The van der Waals surface area contributed by atoms with Gasteiger partial charge in [0.1, 0.15) is 30.4 Å². The van der Waals surface area contributed by atoms with Crippen molar-refractivity contribution in [2.75, 3.05) is 25.3 Å². The minimum absolute atomic E-state index is 0. The monoisotopic (exact) mass is 1370 g/mol. The van der Waals surface area contributed by atoms with Crippen molar-refractivity contribution in [2.45, 2.75) is 13.1 Å². The molecule has 0 spiro atoms. The molecule has 0 radical (unpaired) electrons. The van der Waals surface area contributed by atoms with E-state index in [1.807, 2.05) is 24.3 Å². The Morgan fingerprint density at radius 3 is 1.72 bits per heavy atom. The molecule has 4 rings (SSSR count). The van der Waals surface area contributed by atoms with Crippen LogP contribution in [0.2, 0.25) is 0 Å². The van der Waals surface area contributed by atoms with Crippen molar-refractivity contribution >= 4 is 147 Å². The van der Waals surface area contributed by atoms with Gasteiger partial charge in [0.25, 0.3) is 0 Å². The van der Waals surface area contributed by atoms with Crippen molar-refractivity contribution in [1.29, 1.82) is 0 Å². The summed E-state index contributed by atoms with van der Waals surface area (Å²) >= 11 is 11.2. The van der Waals surface area contributed by atoms with Crippen LogP contribution in [0.3, 0.4) is 0 Å². The van der Waals surface area contributed by atoms with Gasteiger partial charge in [0.15, 0.2) is 10.3 Å². The van der Waals surface area contributed by atoms with Gasteiger partial charge in [0, 0.05) is 43.8 Å². The van der Waals surface area contributed by atoms with Crippen molar-refractivity contribution in [3.05, 3.63) is 97.2 Å². The number of nitro groups is 2. The third kappa shape index (κ3) is 22.5. The van der Waals surface area contributed by atoms with Crippen molar-refractivity contribution in [2.24, 2.45) is 5.18 Å². The van der Waals surface area contributed by atoms with Gasteiger partial charge in [-0.3, -0.25) is 25.5 Å². The van der Waals surface area contributed by atoms with Gasteiger partial charge >= 0.3 is 66.5 Å². The Kier molecular flexibility index (Phi) is 30.8. The Morgan fingerprint density at radius 1 is 0.915 bits per heavy atom. The van der Waals surface area contributed by atoms with E-state index in [-0.39, 0.29) is 50.8 Å². The fourth-order valence-corrected chi connectivity index (χ4v) is 3.77. The van der Waals surface area contributed by atoms with Crippen LogP contribution in [0.4, 0.5) is 25.1 Å². The summed E-state index contributed by atoms with van der Waals surface area (Å²) in [5.74, 6) is 1.53. The summed E-state index contributed by atoms with van der Waals surface area (Å²) in [7, 11) is 3.18. The Balaban J connectivity index is 0. The second kappa shape index (κ2) is 30.0. The van der Waals surface area contributed by atoms with Gasteiger partial charge in [0.2, 0.25) is 0 Å². The zero-order valence-corrected chi connectivity index (χ0v) is 38.6. The van der Waals surface area contributed by atoms with Gasteiger partial charge in [0.05, 0.1) is 24.1 Å². The van der Waals surface area contributed by atoms with Crippen molar-refractivity contribution in [3.8, 4) is 11.5 Å². The van der Waals surface area contributed by atoms with Crippen LogP contribution in [0.5, 0.6) is 11.5 Å². The molecule has 0 aliphatic heterocycles. The van der Waals surface area contributed by atoms with Gasteiger partial charge in [-0.25, -0.2) is 14.8 Å². The first-order chi connectivity index (χ1) is 22.1. The molecule has 2 aromatic carbocycles. The third-order valence-electron chi connectivity index (χ3n) is 4.60. The number of benzene rings is 2. The second-order valence-corrected chi connectivity index (χ2v) is 25.7. The zero-order valence-electron chi connectivity index (χ0n) is 23.9. The summed E-state index contributed by atoms with van der Waals surface area (Å²) in [6.45, 7) is 0.549. The SMILES string of the molecule is COc1ccc(CN=O)cc1.COc1ccc(CNC(=O)Nc2ncc([N+](=O)[O-])s2)cc1.I.II.I[I-]I.Nc1ncc([N+](=O)[O-])s1. The van der Waals surface area contributed by atoms with E-state index >= 15 is 0 Å². The molecule has 0 saturated carbocycles. The Bertz CT molecular complexity index is 1470. The first-order valence-corrected chi connectivity index (χ1v) is 32.1. The number of nitrogens with zero attached hydrogens (tertiary/aromatic N) is 5. The number of hydrogen-bond acceptors (Lipinski definition) is 14. The van der Waals surface area contributed by atoms with E-state index < -0.39 is 15.9 Å². The molecule has 4 aromatic rings. The van der Waals surface area contributed by atoms with Crippen LogP contribution in [0.15, 0.2) is 66.1 Å². The summed E-state index contributed by atoms with van der Waals surface area (Å²) in [6, 6.07) is 14.0. The molecular weight excluding hydrogens is 1340 g/mol. The topological polar surface area (TPSA) is 227 Å². The van der Waals surface area contributed by atoms with E-state index in [1.165, 1.54) is 0 Å². The van der Waals surface area contributed by atoms with Crippen LogP contribution < -0.4 is 39.1 Å². The van der Waals surface area contributed by atoms with E-state index in [2.05, 4.69) is 100 Å². The van der Waals surface area contributed by atoms with Gasteiger partial charge in [-0.1, -0.05) is 29.4 Å². The molecule has 2 amide bonds. The summed E-state index contributed by atoms with van der Waals surface area (Å²) < 4.78 is 9.97. The van der Waals surface area contributed by atoms with Crippen molar-refractivity contribution < 1.29 is 37.4 Å². The van der Waals surface area contributed by atoms with E-state index in [1.54, 1.807) is 38.5 Å². The predicted octanol–water partition coefficient (Wildman–Crippen LogP) is 6.14. The van der Waals surface area contributed by atoms with Gasteiger partial charge < -0.3 is 20.5 Å². The molecule has 0 atom stereocenters. The Hall–Kier alpha value is -0.850. The van der Waals surface area contributed by atoms with E-state index in [0.717, 1.165) is 57.7 Å². The number of amides is 2. The normalized spacial score (nSPS) is 8.98. The number of rotatable bonds is 9. The summed E-state index contributed by atoms with van der Waals surface area (Å²) in [5, 5.41) is 28.5. The molecule has 260 valence electrons. The number of carbonyl (C=O) groups is 1. The summed E-state index contributed by atoms with van der Waals surface area (Å²) in [5.41, 5.74) is 6.92. The molecule has 16 nitrogen and oxygen atoms in total. The molecule has 0 aliphatic carbocycles. The first-order valence-electron chi connectivity index (χ1n) is 11.6. The minimum Gasteiger partial charge on any atom is -0.375 e. The van der Waals surface area contributed by atoms with Crippen LogP contribution in [0.1, 0.15) is 11.1 Å². The maximum atomic E-state index is 11.6. The maximum absolute atomic E-state index is 11.6. The molecule has 2 aromatic heterocycles. The second-order valence-electron chi connectivity index (χ2n) is 7.40. The number of ether oxygens (including phenoxy) is 2. The molecule has 0 saturated heterocycles. The standard InChI is InChI=1S/C12H12N4O4S.C8H9NO2.C3H3N3O2S.I3.I2.HI/c1-20-9-4-2-8(3-5-9)6-13-11(17)15-12-14-7-10(21-12)16(18)19;1-11-8-4-2-7(3-5-8)6-9-10;4-3-5-1-2(9-3)6(7)8;1-3-2;1-2;/h2-5,7H,6H2,1H3,(H2,13,14,15,17);2-5H,6H2,1H3;1H,(H2,4,5);;;1H/q;;;-1;;. The van der Waals surface area contributed by atoms with Crippen LogP contribution in [0, 0.1) is 25.1 Å². The smallest absolute Gasteiger partial charge is 0.345 e. The maximum Gasteiger partial charge on any atom is 0.345 e. The van der Waals surface area contributed by atoms with Gasteiger partial charge in [-0.15, -0.1) is 24.0 Å². The molecular formula is C23H25I6N8O8S2-. The molecule has 4 N–H and O–H groups in total. The minimum atomic E-state index is -0.557. The van der Waals surface area contributed by atoms with Crippen molar-refractivity contribution in [1.82, 2.24) is 15.3 Å². The molecule has 0 bridgehead atoms. The number of nitroso groups, excluding NO2 is 1. The number of methoxy groups -OCH3 is 2. The van der Waals surface area contributed by atoms with Crippen LogP contribution in [0.25, 0.3) is 0 Å². The number of carbonyl (C=O) groups excluding carboxylic acids is 1. The van der Waals surface area contributed by atoms with Gasteiger partial charge in [-0.2, -0.15) is 4.91 Å². The molecule has 0 aliphatic rings. The quantitative estimate of drug-likeness (QED) is 0.0747. The van der Waals surface area contributed by atoms with E-state index in [0.29, 0.717) is 19.8 Å². The fraction of sp³-hybridized carbons (Fsp3) is 0.174. The average molecular weight is 1370 g/mol. The van der Waals surface area contributed by atoms with Crippen molar-refractivity contribution in [3.63, 3.8) is 0 Å². The fourth-order valence-electron chi connectivity index (χ4n) is 2.64. The molecule has 24 heteroatoms. The Morgan fingerprint density at radius 2 is 1.36 bits per heavy atom. The number of thiazole rings is 2. The third-order valence-corrected chi connectivity index (χ3v) is 6.25. The van der Waals surface area contributed by atoms with Crippen LogP contribution in [-0.4, -0.2) is 40.1 Å². The van der Waals surface area contributed by atoms with Gasteiger partial charge in [-0.05, 0) is 58.1 Å². The summed E-state index contributed by atoms with van der Waals surface area (Å²) in [4.78, 5) is 48.1. The predicted molar refractivity (Wildman–Crippen MR) is 225 cm³/mol. The van der Waals surface area contributed by atoms with Crippen LogP contribution >= 0.6 is 121 Å². The number of nitrogens with two attached hydrogens (primary N) is 1. The van der Waals surface area contributed by atoms with E-state index in [4.69, 9.17) is 15.2 Å². The number of halogens is 6. The number of hydrogen-bond donors (Lipinski definition) is 3. The summed E-state index contributed by atoms with van der Waals surface area (Å²) in [6.07, 6.45) is 2.24. The molecule has 2 heterocycles. The average Bonchev–Trinajstić information content (AvgIpc) is 3.72. The number of urea groups is 1. The first kappa shape index (κ1) is 48.3. The number of aromatic nitrogens is 2. The largest absolute Gasteiger partial charge is 0.375 e.